The van der Waals surface area contributed by atoms with Gasteiger partial charge in [0.1, 0.15) is 17.5 Å². The summed E-state index contributed by atoms with van der Waals surface area (Å²) in [5.74, 6) is -1.81. The molecule has 0 aromatic heterocycles. The van der Waals surface area contributed by atoms with Crippen molar-refractivity contribution in [1.82, 2.24) is 5.32 Å². The first kappa shape index (κ1) is 15.9. The lowest BCUT2D eigenvalue weighted by atomic mass is 9.97. The number of benzene rings is 2. The van der Waals surface area contributed by atoms with Gasteiger partial charge in [-0.15, -0.1) is 0 Å². The molecule has 2 aromatic carbocycles. The van der Waals surface area contributed by atoms with E-state index in [1.165, 1.54) is 30.3 Å². The van der Waals surface area contributed by atoms with Gasteiger partial charge in [-0.25, -0.2) is 13.2 Å². The molecule has 0 amide bonds. The molecule has 0 aliphatic heterocycles. The predicted octanol–water partition coefficient (Wildman–Crippen LogP) is 4.65. The molecule has 5 heteroatoms. The molecule has 0 spiro atoms. The van der Waals surface area contributed by atoms with Crippen LogP contribution in [0.3, 0.4) is 0 Å². The van der Waals surface area contributed by atoms with Crippen molar-refractivity contribution in [3.63, 3.8) is 0 Å². The minimum Gasteiger partial charge on any atom is -0.310 e. The molecule has 21 heavy (non-hydrogen) atoms. The number of nitrogens with one attached hydrogen (secondary N) is 1. The van der Waals surface area contributed by atoms with Crippen molar-refractivity contribution >= 4 is 11.6 Å². The molecule has 0 aliphatic carbocycles. The highest BCUT2D eigenvalue weighted by Crippen LogP contribution is 2.28. The Morgan fingerprint density at radius 3 is 2.19 bits per heavy atom. The summed E-state index contributed by atoms with van der Waals surface area (Å²) < 4.78 is 41.3. The molecule has 112 valence electrons. The number of hydrogen-bond acceptors (Lipinski definition) is 1. The third-order valence-electron chi connectivity index (χ3n) is 3.25. The van der Waals surface area contributed by atoms with Crippen molar-refractivity contribution in [1.29, 1.82) is 0 Å². The number of likely N-dealkylation sites (N-methyl/N-ethyl adjacent to an activating group) is 1. The van der Waals surface area contributed by atoms with Crippen LogP contribution in [0.25, 0.3) is 0 Å². The fourth-order valence-corrected chi connectivity index (χ4v) is 2.50. The molecule has 1 atom stereocenters. The molecule has 2 rings (SSSR count). The van der Waals surface area contributed by atoms with Crippen LogP contribution in [0.1, 0.15) is 24.1 Å². The van der Waals surface area contributed by atoms with Crippen LogP contribution in [0.5, 0.6) is 0 Å². The number of rotatable bonds is 5. The maximum Gasteiger partial charge on any atom is 0.142 e. The van der Waals surface area contributed by atoms with Crippen molar-refractivity contribution < 1.29 is 13.2 Å². The van der Waals surface area contributed by atoms with E-state index in [-0.39, 0.29) is 17.0 Å². The highest BCUT2D eigenvalue weighted by atomic mass is 35.5. The summed E-state index contributed by atoms with van der Waals surface area (Å²) in [6, 6.07) is 7.53. The van der Waals surface area contributed by atoms with Crippen LogP contribution in [0.4, 0.5) is 13.2 Å². The Kier molecular flexibility index (Phi) is 5.26. The van der Waals surface area contributed by atoms with Crippen LogP contribution in [-0.2, 0) is 6.42 Å². The fourth-order valence-electron chi connectivity index (χ4n) is 2.29. The molecule has 2 aromatic rings. The smallest absolute Gasteiger partial charge is 0.142 e. The largest absolute Gasteiger partial charge is 0.310 e. The lowest BCUT2D eigenvalue weighted by molar-refractivity contribution is 0.472. The zero-order valence-electron chi connectivity index (χ0n) is 11.5. The van der Waals surface area contributed by atoms with Gasteiger partial charge in [-0.3, -0.25) is 0 Å². The molecule has 1 unspecified atom stereocenters. The third kappa shape index (κ3) is 3.57. The van der Waals surface area contributed by atoms with Crippen LogP contribution >= 0.6 is 11.6 Å². The average Bonchev–Trinajstić information content (AvgIpc) is 2.44. The van der Waals surface area contributed by atoms with Crippen molar-refractivity contribution in [2.24, 2.45) is 0 Å². The molecule has 0 aliphatic rings. The minimum atomic E-state index is -0.631. The first-order valence-electron chi connectivity index (χ1n) is 6.64. The van der Waals surface area contributed by atoms with Gasteiger partial charge in [-0.2, -0.15) is 0 Å². The van der Waals surface area contributed by atoms with Gasteiger partial charge in [0.05, 0.1) is 5.02 Å². The first-order chi connectivity index (χ1) is 10.0. The van der Waals surface area contributed by atoms with Gasteiger partial charge in [0.15, 0.2) is 0 Å². The molecule has 0 fully saturated rings. The summed E-state index contributed by atoms with van der Waals surface area (Å²) in [5.41, 5.74) is 0.449. The quantitative estimate of drug-likeness (QED) is 0.847. The van der Waals surface area contributed by atoms with E-state index in [0.717, 1.165) is 0 Å². The Morgan fingerprint density at radius 2 is 1.57 bits per heavy atom. The summed E-state index contributed by atoms with van der Waals surface area (Å²) in [5, 5.41) is 3.00. The Bertz CT molecular complexity index is 611. The monoisotopic (exact) mass is 313 g/mol. The summed E-state index contributed by atoms with van der Waals surface area (Å²) in [7, 11) is 0. The maximum absolute atomic E-state index is 13.9. The Balaban J connectivity index is 2.38. The highest BCUT2D eigenvalue weighted by molar-refractivity contribution is 6.31. The van der Waals surface area contributed by atoms with E-state index in [0.29, 0.717) is 12.1 Å². The molecule has 0 heterocycles. The van der Waals surface area contributed by atoms with Gasteiger partial charge >= 0.3 is 0 Å². The average molecular weight is 314 g/mol. The minimum absolute atomic E-state index is 0.0165. The van der Waals surface area contributed by atoms with E-state index in [2.05, 4.69) is 5.32 Å². The molecular weight excluding hydrogens is 299 g/mol. The zero-order chi connectivity index (χ0) is 15.4. The SMILES string of the molecule is CCNC(Cc1cccc(F)c1Cl)c1c(F)cccc1F. The predicted molar refractivity (Wildman–Crippen MR) is 77.9 cm³/mol. The zero-order valence-corrected chi connectivity index (χ0v) is 12.2. The van der Waals surface area contributed by atoms with Crippen molar-refractivity contribution in [3.05, 3.63) is 70.0 Å². The van der Waals surface area contributed by atoms with Crippen molar-refractivity contribution in [3.8, 4) is 0 Å². The van der Waals surface area contributed by atoms with Gasteiger partial charge < -0.3 is 5.32 Å². The molecular formula is C16H15ClF3N. The molecule has 0 bridgehead atoms. The summed E-state index contributed by atoms with van der Waals surface area (Å²) in [6.07, 6.45) is 0.197. The standard InChI is InChI=1S/C16H15ClF3N/c1-2-21-14(15-11(18)6-4-7-12(15)19)9-10-5-3-8-13(20)16(10)17/h3-8,14,21H,2,9H2,1H3. The van der Waals surface area contributed by atoms with Gasteiger partial charge in [0, 0.05) is 11.6 Å². The first-order valence-corrected chi connectivity index (χ1v) is 7.02. The van der Waals surface area contributed by atoms with Crippen LogP contribution in [0.2, 0.25) is 5.02 Å². The van der Waals surface area contributed by atoms with Gasteiger partial charge in [0.25, 0.3) is 0 Å². The van der Waals surface area contributed by atoms with Crippen LogP contribution in [-0.4, -0.2) is 6.54 Å². The molecule has 0 radical (unpaired) electrons. The molecule has 0 saturated heterocycles. The Labute approximate surface area is 126 Å². The van der Waals surface area contributed by atoms with E-state index in [9.17, 15) is 13.2 Å². The third-order valence-corrected chi connectivity index (χ3v) is 3.68. The van der Waals surface area contributed by atoms with E-state index in [1.54, 1.807) is 6.07 Å². The fraction of sp³-hybridized carbons (Fsp3) is 0.250. The lowest BCUT2D eigenvalue weighted by Crippen LogP contribution is -2.25. The number of halogens is 4. The highest BCUT2D eigenvalue weighted by Gasteiger charge is 2.21. The normalized spacial score (nSPS) is 12.4. The van der Waals surface area contributed by atoms with Crippen LogP contribution in [0.15, 0.2) is 36.4 Å². The Morgan fingerprint density at radius 1 is 1.00 bits per heavy atom. The Hall–Kier alpha value is -1.52. The summed E-state index contributed by atoms with van der Waals surface area (Å²) in [4.78, 5) is 0. The maximum atomic E-state index is 13.9. The topological polar surface area (TPSA) is 12.0 Å². The lowest BCUT2D eigenvalue weighted by Gasteiger charge is -2.20. The van der Waals surface area contributed by atoms with E-state index in [4.69, 9.17) is 11.6 Å². The number of hydrogen-bond donors (Lipinski definition) is 1. The molecule has 0 saturated carbocycles. The van der Waals surface area contributed by atoms with Crippen LogP contribution < -0.4 is 5.32 Å². The molecule has 1 N–H and O–H groups in total. The van der Waals surface area contributed by atoms with E-state index in [1.807, 2.05) is 6.92 Å². The van der Waals surface area contributed by atoms with Crippen molar-refractivity contribution in [2.45, 2.75) is 19.4 Å². The van der Waals surface area contributed by atoms with E-state index < -0.39 is 23.5 Å². The summed E-state index contributed by atoms with van der Waals surface area (Å²) >= 11 is 5.91. The molecule has 1 nitrogen and oxygen atoms in total. The second-order valence-electron chi connectivity index (χ2n) is 4.66. The van der Waals surface area contributed by atoms with Gasteiger partial charge in [0.2, 0.25) is 0 Å². The van der Waals surface area contributed by atoms with Crippen LogP contribution in [0, 0.1) is 17.5 Å². The second-order valence-corrected chi connectivity index (χ2v) is 5.04. The van der Waals surface area contributed by atoms with Crippen molar-refractivity contribution in [2.75, 3.05) is 6.54 Å². The second kappa shape index (κ2) is 6.96. The van der Waals surface area contributed by atoms with Gasteiger partial charge in [-0.05, 0) is 36.7 Å². The van der Waals surface area contributed by atoms with Gasteiger partial charge in [-0.1, -0.05) is 36.7 Å². The summed E-state index contributed by atoms with van der Waals surface area (Å²) in [6.45, 7) is 2.35. The van der Waals surface area contributed by atoms with E-state index >= 15 is 0 Å².